The lowest BCUT2D eigenvalue weighted by Gasteiger charge is -2.25. The molecule has 0 spiro atoms. The summed E-state index contributed by atoms with van der Waals surface area (Å²) in [5, 5.41) is 8.99. The molecule has 1 aliphatic rings. The molecule has 1 aliphatic carbocycles. The Morgan fingerprint density at radius 1 is 1.26 bits per heavy atom. The number of hydrogen-bond acceptors (Lipinski definition) is 2. The lowest BCUT2D eigenvalue weighted by atomic mass is 9.80. The van der Waals surface area contributed by atoms with Crippen LogP contribution in [-0.2, 0) is 11.2 Å². The fraction of sp³-hybridized carbons (Fsp3) is 0.467. The minimum absolute atomic E-state index is 0.132. The number of aliphatic carboxylic acids is 1. The van der Waals surface area contributed by atoms with Crippen molar-refractivity contribution >= 4 is 17.0 Å². The molecule has 0 saturated heterocycles. The van der Waals surface area contributed by atoms with Crippen LogP contribution in [0.1, 0.15) is 31.5 Å². The zero-order chi connectivity index (χ0) is 13.2. The van der Waals surface area contributed by atoms with Crippen molar-refractivity contribution in [1.29, 1.82) is 0 Å². The standard InChI is InChI=1S/C15H18N2O2/c18-15(19)11-7-5-10(6-8-11)9-14-16-12-3-1-2-4-13(12)17-14/h1-4,10-11H,5-9H2,(H,16,17)(H,18,19)/t10-,11-. The molecule has 0 aliphatic heterocycles. The molecule has 1 heterocycles. The molecule has 19 heavy (non-hydrogen) atoms. The van der Waals surface area contributed by atoms with Gasteiger partial charge in [-0.05, 0) is 43.7 Å². The van der Waals surface area contributed by atoms with Crippen LogP contribution in [0.5, 0.6) is 0 Å². The summed E-state index contributed by atoms with van der Waals surface area (Å²) in [7, 11) is 0. The predicted octanol–water partition coefficient (Wildman–Crippen LogP) is 3.00. The molecule has 2 aromatic rings. The van der Waals surface area contributed by atoms with E-state index in [0.717, 1.165) is 49.0 Å². The van der Waals surface area contributed by atoms with E-state index in [0.29, 0.717) is 5.92 Å². The number of H-pyrrole nitrogens is 1. The van der Waals surface area contributed by atoms with Crippen LogP contribution in [0.15, 0.2) is 24.3 Å². The number of rotatable bonds is 3. The molecule has 1 aromatic heterocycles. The van der Waals surface area contributed by atoms with Gasteiger partial charge in [0.2, 0.25) is 0 Å². The van der Waals surface area contributed by atoms with Crippen molar-refractivity contribution in [1.82, 2.24) is 9.97 Å². The third-order valence-corrected chi connectivity index (χ3v) is 4.12. The van der Waals surface area contributed by atoms with Crippen LogP contribution in [0.2, 0.25) is 0 Å². The van der Waals surface area contributed by atoms with E-state index < -0.39 is 5.97 Å². The van der Waals surface area contributed by atoms with E-state index in [1.54, 1.807) is 0 Å². The SMILES string of the molecule is O=C(O)[C@H]1CC[C@H](Cc2nc3ccccc3[nH]2)CC1. The quantitative estimate of drug-likeness (QED) is 0.889. The molecule has 0 radical (unpaired) electrons. The number of nitrogens with zero attached hydrogens (tertiary/aromatic N) is 1. The highest BCUT2D eigenvalue weighted by atomic mass is 16.4. The summed E-state index contributed by atoms with van der Waals surface area (Å²) in [6.45, 7) is 0. The summed E-state index contributed by atoms with van der Waals surface area (Å²) >= 11 is 0. The number of aromatic nitrogens is 2. The number of aromatic amines is 1. The van der Waals surface area contributed by atoms with Crippen LogP contribution < -0.4 is 0 Å². The van der Waals surface area contributed by atoms with Gasteiger partial charge in [0.15, 0.2) is 0 Å². The molecule has 4 heteroatoms. The van der Waals surface area contributed by atoms with Crippen molar-refractivity contribution in [3.05, 3.63) is 30.1 Å². The second kappa shape index (κ2) is 5.03. The van der Waals surface area contributed by atoms with E-state index >= 15 is 0 Å². The predicted molar refractivity (Wildman–Crippen MR) is 72.9 cm³/mol. The maximum Gasteiger partial charge on any atom is 0.306 e. The summed E-state index contributed by atoms with van der Waals surface area (Å²) in [5.41, 5.74) is 2.09. The van der Waals surface area contributed by atoms with Crippen molar-refractivity contribution in [2.24, 2.45) is 11.8 Å². The van der Waals surface area contributed by atoms with Gasteiger partial charge in [0.05, 0.1) is 17.0 Å². The highest BCUT2D eigenvalue weighted by molar-refractivity contribution is 5.74. The first-order valence-corrected chi connectivity index (χ1v) is 6.89. The highest BCUT2D eigenvalue weighted by Gasteiger charge is 2.26. The molecule has 3 rings (SSSR count). The Hall–Kier alpha value is -1.84. The van der Waals surface area contributed by atoms with Gasteiger partial charge >= 0.3 is 5.97 Å². The maximum absolute atomic E-state index is 10.9. The molecule has 0 atom stereocenters. The molecule has 1 saturated carbocycles. The van der Waals surface area contributed by atoms with Gasteiger partial charge < -0.3 is 10.1 Å². The summed E-state index contributed by atoms with van der Waals surface area (Å²) in [6.07, 6.45) is 4.53. The topological polar surface area (TPSA) is 66.0 Å². The Morgan fingerprint density at radius 3 is 2.68 bits per heavy atom. The van der Waals surface area contributed by atoms with E-state index in [1.165, 1.54) is 0 Å². The zero-order valence-electron chi connectivity index (χ0n) is 10.8. The van der Waals surface area contributed by atoms with Crippen molar-refractivity contribution in [3.63, 3.8) is 0 Å². The van der Waals surface area contributed by atoms with E-state index in [-0.39, 0.29) is 5.92 Å². The number of para-hydroxylation sites is 2. The molecule has 0 bridgehead atoms. The van der Waals surface area contributed by atoms with Crippen molar-refractivity contribution in [2.45, 2.75) is 32.1 Å². The van der Waals surface area contributed by atoms with Crippen LogP contribution in [-0.4, -0.2) is 21.0 Å². The number of hydrogen-bond donors (Lipinski definition) is 2. The average molecular weight is 258 g/mol. The van der Waals surface area contributed by atoms with Gasteiger partial charge in [-0.2, -0.15) is 0 Å². The minimum Gasteiger partial charge on any atom is -0.481 e. The first kappa shape index (κ1) is 12.2. The maximum atomic E-state index is 10.9. The minimum atomic E-state index is -0.637. The average Bonchev–Trinajstić information content (AvgIpc) is 2.81. The fourth-order valence-electron chi connectivity index (χ4n) is 2.99. The van der Waals surface area contributed by atoms with Crippen LogP contribution in [0.4, 0.5) is 0 Å². The van der Waals surface area contributed by atoms with Crippen LogP contribution in [0.3, 0.4) is 0 Å². The normalized spacial score (nSPS) is 23.6. The van der Waals surface area contributed by atoms with Gasteiger partial charge in [-0.1, -0.05) is 12.1 Å². The highest BCUT2D eigenvalue weighted by Crippen LogP contribution is 2.31. The van der Waals surface area contributed by atoms with Crippen LogP contribution in [0.25, 0.3) is 11.0 Å². The number of nitrogens with one attached hydrogen (secondary N) is 1. The molecule has 100 valence electrons. The second-order valence-corrected chi connectivity index (χ2v) is 5.46. The lowest BCUT2D eigenvalue weighted by Crippen LogP contribution is -2.22. The lowest BCUT2D eigenvalue weighted by molar-refractivity contribution is -0.143. The number of benzene rings is 1. The van der Waals surface area contributed by atoms with Gasteiger partial charge in [0.25, 0.3) is 0 Å². The molecule has 0 amide bonds. The Kier molecular flexibility index (Phi) is 3.23. The van der Waals surface area contributed by atoms with Gasteiger partial charge in [-0.15, -0.1) is 0 Å². The Labute approximate surface area is 111 Å². The number of carboxylic acid groups (broad SMARTS) is 1. The molecule has 0 unspecified atom stereocenters. The molecule has 2 N–H and O–H groups in total. The van der Waals surface area contributed by atoms with Crippen molar-refractivity contribution in [3.8, 4) is 0 Å². The first-order valence-electron chi connectivity index (χ1n) is 6.89. The number of fused-ring (bicyclic) bond motifs is 1. The molecule has 1 fully saturated rings. The van der Waals surface area contributed by atoms with Crippen LogP contribution >= 0.6 is 0 Å². The monoisotopic (exact) mass is 258 g/mol. The van der Waals surface area contributed by atoms with Gasteiger partial charge in [-0.3, -0.25) is 4.79 Å². The Bertz CT molecular complexity index is 550. The van der Waals surface area contributed by atoms with E-state index in [2.05, 4.69) is 9.97 Å². The summed E-state index contributed by atoms with van der Waals surface area (Å²) in [5.74, 6) is 0.824. The molecular weight excluding hydrogens is 240 g/mol. The van der Waals surface area contributed by atoms with Gasteiger partial charge in [0.1, 0.15) is 5.82 Å². The number of imidazole rings is 1. The second-order valence-electron chi connectivity index (χ2n) is 5.46. The van der Waals surface area contributed by atoms with Gasteiger partial charge in [-0.25, -0.2) is 4.98 Å². The van der Waals surface area contributed by atoms with Crippen molar-refractivity contribution in [2.75, 3.05) is 0 Å². The Morgan fingerprint density at radius 2 is 2.00 bits per heavy atom. The summed E-state index contributed by atoms with van der Waals surface area (Å²) < 4.78 is 0. The van der Waals surface area contributed by atoms with Crippen LogP contribution in [0, 0.1) is 11.8 Å². The van der Waals surface area contributed by atoms with E-state index in [1.807, 2.05) is 24.3 Å². The fourth-order valence-corrected chi connectivity index (χ4v) is 2.99. The third-order valence-electron chi connectivity index (χ3n) is 4.12. The number of carboxylic acids is 1. The molecular formula is C15H18N2O2. The Balaban J connectivity index is 1.64. The van der Waals surface area contributed by atoms with Gasteiger partial charge in [0, 0.05) is 6.42 Å². The first-order chi connectivity index (χ1) is 9.22. The third kappa shape index (κ3) is 2.62. The largest absolute Gasteiger partial charge is 0.481 e. The summed E-state index contributed by atoms with van der Waals surface area (Å²) in [4.78, 5) is 18.9. The zero-order valence-corrected chi connectivity index (χ0v) is 10.8. The van der Waals surface area contributed by atoms with Crippen molar-refractivity contribution < 1.29 is 9.90 Å². The molecule has 4 nitrogen and oxygen atoms in total. The summed E-state index contributed by atoms with van der Waals surface area (Å²) in [6, 6.07) is 8.04. The smallest absolute Gasteiger partial charge is 0.306 e. The van der Waals surface area contributed by atoms with E-state index in [9.17, 15) is 4.79 Å². The molecule has 1 aromatic carbocycles. The van der Waals surface area contributed by atoms with E-state index in [4.69, 9.17) is 5.11 Å². The number of carbonyl (C=O) groups is 1.